The molecule has 0 radical (unpaired) electrons. The summed E-state index contributed by atoms with van der Waals surface area (Å²) >= 11 is 0. The summed E-state index contributed by atoms with van der Waals surface area (Å²) in [4.78, 5) is 12.1. The van der Waals surface area contributed by atoms with E-state index in [1.165, 1.54) is 31.3 Å². The Morgan fingerprint density at radius 1 is 1.35 bits per heavy atom. The Kier molecular flexibility index (Phi) is 6.98. The van der Waals surface area contributed by atoms with Gasteiger partial charge in [-0.2, -0.15) is 5.10 Å². The van der Waals surface area contributed by atoms with E-state index in [1.807, 2.05) is 23.9 Å². The van der Waals surface area contributed by atoms with Crippen molar-refractivity contribution < 1.29 is 9.36 Å². The second-order valence-corrected chi connectivity index (χ2v) is 6.19. The summed E-state index contributed by atoms with van der Waals surface area (Å²) in [5.41, 5.74) is 5.70. The third-order valence-electron chi connectivity index (χ3n) is 4.17. The van der Waals surface area contributed by atoms with Crippen molar-refractivity contribution in [2.75, 3.05) is 0 Å². The highest BCUT2D eigenvalue weighted by molar-refractivity contribution is 6.03. The van der Waals surface area contributed by atoms with Gasteiger partial charge < -0.3 is 0 Å². The van der Waals surface area contributed by atoms with E-state index in [0.717, 1.165) is 31.4 Å². The van der Waals surface area contributed by atoms with E-state index in [9.17, 15) is 4.79 Å². The molecule has 1 N–H and O–H groups in total. The molecule has 2 rings (SSSR count). The first kappa shape index (κ1) is 17.4. The summed E-state index contributed by atoms with van der Waals surface area (Å²) in [5, 5.41) is 4.37. The van der Waals surface area contributed by atoms with Gasteiger partial charge in [-0.1, -0.05) is 32.3 Å². The fourth-order valence-electron chi connectivity index (χ4n) is 2.85. The SMILES string of the molecule is CCCCCCC=C1CCCC1=NNC(=O)c1ccc[n+](C)c1. The summed E-state index contributed by atoms with van der Waals surface area (Å²) < 4.78 is 1.86. The number of carbonyl (C=O) groups is 1. The summed E-state index contributed by atoms with van der Waals surface area (Å²) in [6.45, 7) is 2.23. The molecular formula is C19H28N3O+. The second kappa shape index (κ2) is 9.23. The molecule has 1 fully saturated rings. The number of nitrogens with one attached hydrogen (secondary N) is 1. The maximum absolute atomic E-state index is 12.1. The molecule has 23 heavy (non-hydrogen) atoms. The average Bonchev–Trinajstić information content (AvgIpc) is 3.00. The van der Waals surface area contributed by atoms with Crippen molar-refractivity contribution in [3.63, 3.8) is 0 Å². The Morgan fingerprint density at radius 3 is 3.00 bits per heavy atom. The Hall–Kier alpha value is -1.97. The Labute approximate surface area is 139 Å². The van der Waals surface area contributed by atoms with E-state index in [4.69, 9.17) is 0 Å². The number of amides is 1. The van der Waals surface area contributed by atoms with Gasteiger partial charge in [0.2, 0.25) is 0 Å². The molecule has 0 unspecified atom stereocenters. The van der Waals surface area contributed by atoms with Gasteiger partial charge in [0, 0.05) is 6.07 Å². The van der Waals surface area contributed by atoms with Crippen LogP contribution in [0.15, 0.2) is 41.3 Å². The molecule has 1 aliphatic rings. The van der Waals surface area contributed by atoms with Crippen LogP contribution in [0.25, 0.3) is 0 Å². The standard InChI is InChI=1S/C19H27N3O/c1-3-4-5-6-7-10-16-11-8-13-18(16)20-21-19(23)17-12-9-14-22(2)15-17/h9-10,12,14-15H,3-8,11,13H2,1-2H3/p+1. The predicted molar refractivity (Wildman–Crippen MR) is 93.2 cm³/mol. The molecule has 1 aromatic rings. The van der Waals surface area contributed by atoms with E-state index < -0.39 is 0 Å². The van der Waals surface area contributed by atoms with Crippen molar-refractivity contribution >= 4 is 11.6 Å². The topological polar surface area (TPSA) is 45.3 Å². The molecule has 1 saturated carbocycles. The molecule has 1 aliphatic carbocycles. The number of nitrogens with zero attached hydrogens (tertiary/aromatic N) is 2. The third-order valence-corrected chi connectivity index (χ3v) is 4.17. The van der Waals surface area contributed by atoms with Crippen molar-refractivity contribution in [2.24, 2.45) is 12.1 Å². The highest BCUT2D eigenvalue weighted by Gasteiger charge is 2.16. The van der Waals surface area contributed by atoms with E-state index in [1.54, 1.807) is 12.3 Å². The van der Waals surface area contributed by atoms with Crippen LogP contribution in [0.3, 0.4) is 0 Å². The number of carbonyl (C=O) groups excluding carboxylic acids is 1. The summed E-state index contributed by atoms with van der Waals surface area (Å²) in [6.07, 6.45) is 15.5. The minimum Gasteiger partial charge on any atom is -0.267 e. The van der Waals surface area contributed by atoms with Gasteiger partial charge in [-0.25, -0.2) is 9.99 Å². The molecule has 1 amide bonds. The van der Waals surface area contributed by atoms with Crippen LogP contribution in [-0.2, 0) is 7.05 Å². The van der Waals surface area contributed by atoms with Crippen LogP contribution in [0.5, 0.6) is 0 Å². The number of aryl methyl sites for hydroxylation is 1. The number of pyridine rings is 1. The average molecular weight is 314 g/mol. The van der Waals surface area contributed by atoms with Crippen LogP contribution in [0, 0.1) is 0 Å². The molecule has 124 valence electrons. The number of hydrazone groups is 1. The summed E-state index contributed by atoms with van der Waals surface area (Å²) in [7, 11) is 1.90. The first-order valence-electron chi connectivity index (χ1n) is 8.72. The zero-order valence-corrected chi connectivity index (χ0v) is 14.3. The number of aromatic nitrogens is 1. The molecule has 0 bridgehead atoms. The molecule has 0 saturated heterocycles. The van der Waals surface area contributed by atoms with Gasteiger partial charge in [0.1, 0.15) is 12.6 Å². The predicted octanol–water partition coefficient (Wildman–Crippen LogP) is 3.68. The van der Waals surface area contributed by atoms with Crippen LogP contribution in [0.2, 0.25) is 0 Å². The van der Waals surface area contributed by atoms with Crippen LogP contribution < -0.4 is 9.99 Å². The molecule has 1 aromatic heterocycles. The fourth-order valence-corrected chi connectivity index (χ4v) is 2.85. The molecule has 4 heteroatoms. The Bertz CT molecular complexity index is 590. The normalized spacial score (nSPS) is 17.8. The Morgan fingerprint density at radius 2 is 2.22 bits per heavy atom. The highest BCUT2D eigenvalue weighted by atomic mass is 16.2. The van der Waals surface area contributed by atoms with Crippen molar-refractivity contribution in [2.45, 2.75) is 58.3 Å². The van der Waals surface area contributed by atoms with Gasteiger partial charge in [0.15, 0.2) is 12.4 Å². The van der Waals surface area contributed by atoms with Gasteiger partial charge in [-0.05, 0) is 43.7 Å². The van der Waals surface area contributed by atoms with Crippen molar-refractivity contribution in [3.05, 3.63) is 41.7 Å². The minimum atomic E-state index is -0.150. The number of hydrogen-bond acceptors (Lipinski definition) is 2. The lowest BCUT2D eigenvalue weighted by Crippen LogP contribution is -2.30. The van der Waals surface area contributed by atoms with Crippen LogP contribution in [-0.4, -0.2) is 11.6 Å². The molecule has 0 atom stereocenters. The van der Waals surface area contributed by atoms with Gasteiger partial charge >= 0.3 is 0 Å². The minimum absolute atomic E-state index is 0.150. The van der Waals surface area contributed by atoms with Crippen molar-refractivity contribution in [3.8, 4) is 0 Å². The fraction of sp³-hybridized carbons (Fsp3) is 0.526. The maximum Gasteiger partial charge on any atom is 0.277 e. The van der Waals surface area contributed by atoms with E-state index in [2.05, 4.69) is 23.5 Å². The monoisotopic (exact) mass is 314 g/mol. The highest BCUT2D eigenvalue weighted by Crippen LogP contribution is 2.22. The van der Waals surface area contributed by atoms with E-state index in [0.29, 0.717) is 5.56 Å². The van der Waals surface area contributed by atoms with Gasteiger partial charge in [-0.3, -0.25) is 4.79 Å². The van der Waals surface area contributed by atoms with Gasteiger partial charge in [0.25, 0.3) is 5.91 Å². The van der Waals surface area contributed by atoms with Crippen molar-refractivity contribution in [1.29, 1.82) is 0 Å². The third kappa shape index (κ3) is 5.62. The number of hydrogen-bond donors (Lipinski definition) is 1. The van der Waals surface area contributed by atoms with Crippen LogP contribution in [0.1, 0.15) is 68.6 Å². The lowest BCUT2D eigenvalue weighted by Gasteiger charge is -2.03. The number of unbranched alkanes of at least 4 members (excludes halogenated alkanes) is 4. The lowest BCUT2D eigenvalue weighted by atomic mass is 10.1. The second-order valence-electron chi connectivity index (χ2n) is 6.19. The zero-order chi connectivity index (χ0) is 16.5. The summed E-state index contributed by atoms with van der Waals surface area (Å²) in [6, 6.07) is 3.66. The van der Waals surface area contributed by atoms with Gasteiger partial charge in [0.05, 0.1) is 5.71 Å². The van der Waals surface area contributed by atoms with E-state index >= 15 is 0 Å². The van der Waals surface area contributed by atoms with E-state index in [-0.39, 0.29) is 5.91 Å². The summed E-state index contributed by atoms with van der Waals surface area (Å²) in [5.74, 6) is -0.150. The molecular weight excluding hydrogens is 286 g/mol. The first-order chi connectivity index (χ1) is 11.2. The number of allylic oxidation sites excluding steroid dienone is 2. The smallest absolute Gasteiger partial charge is 0.267 e. The largest absolute Gasteiger partial charge is 0.277 e. The molecule has 0 aromatic carbocycles. The zero-order valence-electron chi connectivity index (χ0n) is 14.3. The lowest BCUT2D eigenvalue weighted by molar-refractivity contribution is -0.671. The Balaban J connectivity index is 1.90. The van der Waals surface area contributed by atoms with Crippen molar-refractivity contribution in [1.82, 2.24) is 5.43 Å². The maximum atomic E-state index is 12.1. The number of rotatable bonds is 7. The quantitative estimate of drug-likeness (QED) is 0.466. The molecule has 0 spiro atoms. The van der Waals surface area contributed by atoms with Gasteiger partial charge in [-0.15, -0.1) is 0 Å². The molecule has 4 nitrogen and oxygen atoms in total. The first-order valence-corrected chi connectivity index (χ1v) is 8.72. The van der Waals surface area contributed by atoms with Crippen LogP contribution >= 0.6 is 0 Å². The van der Waals surface area contributed by atoms with Crippen LogP contribution in [0.4, 0.5) is 0 Å². The molecule has 0 aliphatic heterocycles. The molecule has 1 heterocycles.